The maximum Gasteiger partial charge on any atom is 0.318 e. The fourth-order valence-corrected chi connectivity index (χ4v) is 6.73. The predicted molar refractivity (Wildman–Crippen MR) is 171 cm³/mol. The first-order valence-corrected chi connectivity index (χ1v) is 15.3. The molecule has 2 atom stereocenters. The Hall–Kier alpha value is -4.56. The molecule has 0 aliphatic carbocycles. The van der Waals surface area contributed by atoms with E-state index in [0.717, 1.165) is 53.0 Å². The summed E-state index contributed by atoms with van der Waals surface area (Å²) in [5.74, 6) is 0.811. The molecule has 3 aliphatic rings. The number of rotatable bonds is 7. The Kier molecular flexibility index (Phi) is 8.44. The number of nitrogens with zero attached hydrogens (tertiary/aromatic N) is 8. The highest BCUT2D eigenvalue weighted by Crippen LogP contribution is 2.39. The van der Waals surface area contributed by atoms with Crippen LogP contribution in [-0.2, 0) is 11.3 Å². The molecule has 2 saturated heterocycles. The molecule has 0 saturated carbocycles. The molecule has 3 aliphatic heterocycles. The third-order valence-electron chi connectivity index (χ3n) is 9.15. The number of fused-ring (bicyclic) bond motifs is 2. The van der Waals surface area contributed by atoms with Crippen LogP contribution in [0.3, 0.4) is 0 Å². The van der Waals surface area contributed by atoms with E-state index in [1.165, 1.54) is 6.08 Å². The molecule has 11 nitrogen and oxygen atoms in total. The quantitative estimate of drug-likeness (QED) is 0.408. The van der Waals surface area contributed by atoms with E-state index in [2.05, 4.69) is 45.4 Å². The first-order valence-electron chi connectivity index (χ1n) is 15.3. The van der Waals surface area contributed by atoms with Crippen LogP contribution in [0.15, 0.2) is 49.1 Å². The van der Waals surface area contributed by atoms with Crippen molar-refractivity contribution in [3.8, 4) is 17.8 Å². The summed E-state index contributed by atoms with van der Waals surface area (Å²) in [6.07, 6.45) is 3.75. The van der Waals surface area contributed by atoms with Crippen LogP contribution in [0.25, 0.3) is 10.8 Å². The minimum absolute atomic E-state index is 0.165. The van der Waals surface area contributed by atoms with Crippen molar-refractivity contribution >= 4 is 33.9 Å². The number of likely N-dealkylation sites (tertiary alicyclic amines) is 1. The van der Waals surface area contributed by atoms with Gasteiger partial charge in [-0.2, -0.15) is 15.2 Å². The molecule has 230 valence electrons. The molecule has 11 heteroatoms. The number of aromatic hydroxyl groups is 1. The van der Waals surface area contributed by atoms with E-state index < -0.39 is 0 Å². The molecule has 0 spiro atoms. The van der Waals surface area contributed by atoms with Gasteiger partial charge < -0.3 is 34.3 Å². The van der Waals surface area contributed by atoms with Crippen molar-refractivity contribution < 1.29 is 14.6 Å². The van der Waals surface area contributed by atoms with E-state index in [1.807, 2.05) is 31.3 Å². The molecular weight excluding hydrogens is 556 g/mol. The summed E-state index contributed by atoms with van der Waals surface area (Å²) in [4.78, 5) is 33.3. The van der Waals surface area contributed by atoms with Crippen LogP contribution < -0.4 is 19.4 Å². The van der Waals surface area contributed by atoms with Gasteiger partial charge in [-0.15, -0.1) is 0 Å². The number of nitriles is 1. The molecule has 0 radical (unpaired) electrons. The summed E-state index contributed by atoms with van der Waals surface area (Å²) < 4.78 is 6.32. The molecule has 44 heavy (non-hydrogen) atoms. The molecule has 1 N–H and O–H groups in total. The van der Waals surface area contributed by atoms with E-state index in [-0.39, 0.29) is 24.1 Å². The van der Waals surface area contributed by atoms with Crippen molar-refractivity contribution in [1.82, 2.24) is 19.8 Å². The van der Waals surface area contributed by atoms with E-state index in [4.69, 9.17) is 14.7 Å². The maximum absolute atomic E-state index is 12.6. The number of benzene rings is 2. The Bertz CT molecular complexity index is 1590. The molecule has 0 unspecified atom stereocenters. The highest BCUT2D eigenvalue weighted by molar-refractivity contribution is 5.96. The zero-order valence-corrected chi connectivity index (χ0v) is 25.5. The van der Waals surface area contributed by atoms with Gasteiger partial charge in [-0.3, -0.25) is 4.79 Å². The second kappa shape index (κ2) is 12.6. The molecular formula is C33H40N8O3. The third kappa shape index (κ3) is 5.82. The number of ether oxygens (including phenoxy) is 1. The lowest BCUT2D eigenvalue weighted by molar-refractivity contribution is -0.128. The number of piperazine rings is 1. The van der Waals surface area contributed by atoms with Gasteiger partial charge in [0.2, 0.25) is 5.91 Å². The van der Waals surface area contributed by atoms with Crippen molar-refractivity contribution in [2.75, 3.05) is 74.7 Å². The van der Waals surface area contributed by atoms with Crippen LogP contribution in [-0.4, -0.2) is 103 Å². The normalized spacial score (nSPS) is 20.8. The topological polar surface area (TPSA) is 112 Å². The number of amides is 1. The molecule has 4 heterocycles. The second-order valence-corrected chi connectivity index (χ2v) is 11.9. The highest BCUT2D eigenvalue weighted by atomic mass is 16.5. The SMILES string of the molecule is C=CC(=O)N1CCN(c2nc(OC[C@@H]3CCCN3C)nc3c2N(C)CCN(c2cc(O)cc4ccccc24)C3)C[C@@H]1CC#N. The van der Waals surface area contributed by atoms with Crippen molar-refractivity contribution in [3.05, 3.63) is 54.7 Å². The molecule has 3 aromatic rings. The summed E-state index contributed by atoms with van der Waals surface area (Å²) in [5, 5.41) is 22.2. The number of likely N-dealkylation sites (N-methyl/N-ethyl adjacent to an activating group) is 2. The van der Waals surface area contributed by atoms with E-state index in [0.29, 0.717) is 57.9 Å². The smallest absolute Gasteiger partial charge is 0.318 e. The number of phenols is 1. The Labute approximate surface area is 258 Å². The standard InChI is InChI=1S/C33H40N8O3/c1-4-30(43)41-17-16-40(20-24(41)11-12-34)32-31-28(35-33(36-32)44-22-25-9-7-13-37(25)2)21-39(15-14-38(31)3)29-19-26(42)18-23-8-5-6-10-27(23)29/h4-6,8,10,18-19,24-25,42H,1,7,9,11,13-17,20-22H2,2-3H3/t24-,25-/m0/s1. The number of aromatic nitrogens is 2. The van der Waals surface area contributed by atoms with Crippen molar-refractivity contribution in [1.29, 1.82) is 5.26 Å². The first-order chi connectivity index (χ1) is 21.4. The summed E-state index contributed by atoms with van der Waals surface area (Å²) in [5.41, 5.74) is 2.70. The van der Waals surface area contributed by atoms with Gasteiger partial charge in [0.1, 0.15) is 18.0 Å². The lowest BCUT2D eigenvalue weighted by Gasteiger charge is -2.41. The third-order valence-corrected chi connectivity index (χ3v) is 9.15. The van der Waals surface area contributed by atoms with Crippen LogP contribution >= 0.6 is 0 Å². The molecule has 2 aromatic carbocycles. The monoisotopic (exact) mass is 596 g/mol. The van der Waals surface area contributed by atoms with E-state index in [9.17, 15) is 15.2 Å². The van der Waals surface area contributed by atoms with Gasteiger partial charge in [-0.1, -0.05) is 30.8 Å². The van der Waals surface area contributed by atoms with Gasteiger partial charge >= 0.3 is 6.01 Å². The molecule has 0 bridgehead atoms. The van der Waals surface area contributed by atoms with Gasteiger partial charge in [-0.25, -0.2) is 0 Å². The summed E-state index contributed by atoms with van der Waals surface area (Å²) >= 11 is 0. The average molecular weight is 597 g/mol. The summed E-state index contributed by atoms with van der Waals surface area (Å²) in [7, 11) is 4.17. The summed E-state index contributed by atoms with van der Waals surface area (Å²) in [6.45, 7) is 8.62. The minimum Gasteiger partial charge on any atom is -0.508 e. The fraction of sp³-hybridized carbons (Fsp3) is 0.455. The maximum atomic E-state index is 12.6. The van der Waals surface area contributed by atoms with Gasteiger partial charge in [0.05, 0.1) is 30.8 Å². The molecule has 6 rings (SSSR count). The number of hydrogen-bond acceptors (Lipinski definition) is 10. The molecule has 1 aromatic heterocycles. The average Bonchev–Trinajstić information content (AvgIpc) is 3.37. The number of hydrogen-bond donors (Lipinski definition) is 1. The Balaban J connectivity index is 1.39. The van der Waals surface area contributed by atoms with E-state index in [1.54, 1.807) is 11.0 Å². The first kappa shape index (κ1) is 29.5. The van der Waals surface area contributed by atoms with Gasteiger partial charge in [-0.05, 0) is 44.0 Å². The minimum atomic E-state index is -0.285. The van der Waals surface area contributed by atoms with E-state index >= 15 is 0 Å². The van der Waals surface area contributed by atoms with Crippen LogP contribution in [0.2, 0.25) is 0 Å². The predicted octanol–water partition coefficient (Wildman–Crippen LogP) is 3.38. The fourth-order valence-electron chi connectivity index (χ4n) is 6.73. The van der Waals surface area contributed by atoms with Gasteiger partial charge in [0.15, 0.2) is 5.82 Å². The lowest BCUT2D eigenvalue weighted by atomic mass is 10.1. The van der Waals surface area contributed by atoms with Crippen LogP contribution in [0, 0.1) is 11.3 Å². The largest absolute Gasteiger partial charge is 0.508 e. The zero-order valence-electron chi connectivity index (χ0n) is 25.5. The van der Waals surface area contributed by atoms with Crippen LogP contribution in [0.5, 0.6) is 11.8 Å². The van der Waals surface area contributed by atoms with Crippen molar-refractivity contribution in [3.63, 3.8) is 0 Å². The summed E-state index contributed by atoms with van der Waals surface area (Å²) in [6, 6.07) is 14.3. The number of carbonyl (C=O) groups is 1. The molecule has 1 amide bonds. The highest BCUT2D eigenvalue weighted by Gasteiger charge is 2.34. The Morgan fingerprint density at radius 1 is 1.11 bits per heavy atom. The number of anilines is 3. The van der Waals surface area contributed by atoms with Crippen molar-refractivity contribution in [2.24, 2.45) is 0 Å². The Morgan fingerprint density at radius 3 is 2.70 bits per heavy atom. The lowest BCUT2D eigenvalue weighted by Crippen LogP contribution is -2.55. The van der Waals surface area contributed by atoms with Crippen LogP contribution in [0.1, 0.15) is 25.0 Å². The zero-order chi connectivity index (χ0) is 30.8. The number of carbonyl (C=O) groups excluding carboxylic acids is 1. The van der Waals surface area contributed by atoms with Gasteiger partial charge in [0.25, 0.3) is 0 Å². The molecule has 2 fully saturated rings. The second-order valence-electron chi connectivity index (χ2n) is 11.9. The van der Waals surface area contributed by atoms with Crippen molar-refractivity contribution in [2.45, 2.75) is 37.9 Å². The van der Waals surface area contributed by atoms with Gasteiger partial charge in [0, 0.05) is 63.0 Å². The Morgan fingerprint density at radius 2 is 1.93 bits per heavy atom. The number of phenolic OH excluding ortho intramolecular Hbond substituents is 1. The van der Waals surface area contributed by atoms with Crippen LogP contribution in [0.4, 0.5) is 17.2 Å².